The third-order valence-corrected chi connectivity index (χ3v) is 5.39. The van der Waals surface area contributed by atoms with E-state index in [1.54, 1.807) is 18.4 Å². The zero-order valence-corrected chi connectivity index (χ0v) is 15.5. The smallest absolute Gasteiger partial charge is 0.161 e. The van der Waals surface area contributed by atoms with E-state index in [1.807, 2.05) is 55.5 Å². The van der Waals surface area contributed by atoms with Gasteiger partial charge in [0, 0.05) is 0 Å². The Hall–Kier alpha value is -2.49. The van der Waals surface area contributed by atoms with Gasteiger partial charge in [0.05, 0.1) is 28.8 Å². The number of allylic oxidation sites excluding steroid dienone is 1. The minimum absolute atomic E-state index is 0.572. The number of methoxy groups -OCH3 is 1. The molecular formula is C19H16N2O2S2. The lowest BCUT2D eigenvalue weighted by Crippen LogP contribution is -1.95. The Labute approximate surface area is 154 Å². The van der Waals surface area contributed by atoms with Crippen LogP contribution in [0.2, 0.25) is 0 Å². The average Bonchev–Trinajstić information content (AvgIpc) is 3.04. The zero-order chi connectivity index (χ0) is 17.6. The van der Waals surface area contributed by atoms with Gasteiger partial charge >= 0.3 is 0 Å². The zero-order valence-electron chi connectivity index (χ0n) is 13.9. The third kappa shape index (κ3) is 4.13. The molecule has 25 heavy (non-hydrogen) atoms. The number of rotatable bonds is 6. The molecule has 1 aromatic heterocycles. The summed E-state index contributed by atoms with van der Waals surface area (Å²) < 4.78 is 12.8. The SMILES string of the molecule is CCOc1ccc(C=C(C#N)Sc2nc3ccccc3s2)cc1OC. The highest BCUT2D eigenvalue weighted by Crippen LogP contribution is 2.35. The molecule has 6 heteroatoms. The second kappa shape index (κ2) is 8.06. The molecule has 2 aromatic carbocycles. The van der Waals surface area contributed by atoms with E-state index >= 15 is 0 Å². The normalized spacial score (nSPS) is 11.3. The summed E-state index contributed by atoms with van der Waals surface area (Å²) >= 11 is 2.96. The monoisotopic (exact) mass is 368 g/mol. The van der Waals surface area contributed by atoms with Crippen LogP contribution in [0.5, 0.6) is 11.5 Å². The molecule has 0 aliphatic carbocycles. The lowest BCUT2D eigenvalue weighted by atomic mass is 10.2. The maximum Gasteiger partial charge on any atom is 0.161 e. The summed E-state index contributed by atoms with van der Waals surface area (Å²) in [5.74, 6) is 1.34. The summed E-state index contributed by atoms with van der Waals surface area (Å²) in [6, 6.07) is 15.8. The van der Waals surface area contributed by atoms with E-state index in [1.165, 1.54) is 11.8 Å². The maximum absolute atomic E-state index is 9.47. The number of para-hydroxylation sites is 1. The van der Waals surface area contributed by atoms with Crippen molar-refractivity contribution in [2.24, 2.45) is 0 Å². The number of nitrogens with zero attached hydrogens (tertiary/aromatic N) is 2. The van der Waals surface area contributed by atoms with E-state index in [2.05, 4.69) is 11.1 Å². The number of thioether (sulfide) groups is 1. The number of benzene rings is 2. The topological polar surface area (TPSA) is 55.1 Å². The Morgan fingerprint density at radius 1 is 1.28 bits per heavy atom. The van der Waals surface area contributed by atoms with Gasteiger partial charge in [-0.25, -0.2) is 4.98 Å². The summed E-state index contributed by atoms with van der Waals surface area (Å²) in [6.45, 7) is 2.50. The van der Waals surface area contributed by atoms with Crippen LogP contribution >= 0.6 is 23.1 Å². The summed E-state index contributed by atoms with van der Waals surface area (Å²) in [4.78, 5) is 5.13. The molecule has 126 valence electrons. The fraction of sp³-hybridized carbons (Fsp3) is 0.158. The molecule has 0 radical (unpaired) electrons. The number of ether oxygens (including phenoxy) is 2. The quantitative estimate of drug-likeness (QED) is 0.433. The van der Waals surface area contributed by atoms with Crippen molar-refractivity contribution in [3.05, 3.63) is 52.9 Å². The van der Waals surface area contributed by atoms with Crippen LogP contribution in [0.4, 0.5) is 0 Å². The van der Waals surface area contributed by atoms with Gasteiger partial charge in [0.15, 0.2) is 15.8 Å². The molecule has 4 nitrogen and oxygen atoms in total. The Morgan fingerprint density at radius 3 is 2.84 bits per heavy atom. The van der Waals surface area contributed by atoms with Crippen molar-refractivity contribution in [3.63, 3.8) is 0 Å². The highest BCUT2D eigenvalue weighted by molar-refractivity contribution is 8.05. The van der Waals surface area contributed by atoms with Crippen LogP contribution in [-0.2, 0) is 0 Å². The minimum Gasteiger partial charge on any atom is -0.493 e. The van der Waals surface area contributed by atoms with E-state index in [9.17, 15) is 5.26 Å². The summed E-state index contributed by atoms with van der Waals surface area (Å²) in [7, 11) is 1.60. The number of thiazole rings is 1. The number of nitriles is 1. The highest BCUT2D eigenvalue weighted by Gasteiger charge is 2.09. The summed E-state index contributed by atoms with van der Waals surface area (Å²) in [5, 5.41) is 9.47. The molecular weight excluding hydrogens is 352 g/mol. The Bertz CT molecular complexity index is 924. The highest BCUT2D eigenvalue weighted by atomic mass is 32.2. The van der Waals surface area contributed by atoms with Gasteiger partial charge in [-0.3, -0.25) is 0 Å². The predicted molar refractivity (Wildman–Crippen MR) is 103 cm³/mol. The van der Waals surface area contributed by atoms with Crippen LogP contribution in [0.1, 0.15) is 12.5 Å². The molecule has 0 saturated heterocycles. The van der Waals surface area contributed by atoms with Crippen LogP contribution in [0.15, 0.2) is 51.7 Å². The molecule has 0 atom stereocenters. The molecule has 0 amide bonds. The van der Waals surface area contributed by atoms with E-state index < -0.39 is 0 Å². The van der Waals surface area contributed by atoms with Crippen molar-refractivity contribution in [1.29, 1.82) is 5.26 Å². The predicted octanol–water partition coefficient (Wildman–Crippen LogP) is 5.36. The first-order chi connectivity index (χ1) is 12.2. The van der Waals surface area contributed by atoms with Gasteiger partial charge in [0.25, 0.3) is 0 Å². The fourth-order valence-electron chi connectivity index (χ4n) is 2.27. The molecule has 0 saturated carbocycles. The molecule has 3 aromatic rings. The van der Waals surface area contributed by atoms with Crippen LogP contribution in [0.3, 0.4) is 0 Å². The Balaban J connectivity index is 1.86. The van der Waals surface area contributed by atoms with Crippen molar-refractivity contribution in [1.82, 2.24) is 4.98 Å². The van der Waals surface area contributed by atoms with Gasteiger partial charge in [-0.15, -0.1) is 11.3 Å². The first-order valence-electron chi connectivity index (χ1n) is 7.69. The van der Waals surface area contributed by atoms with Gasteiger partial charge in [-0.1, -0.05) is 18.2 Å². The van der Waals surface area contributed by atoms with E-state index in [0.29, 0.717) is 23.0 Å². The molecule has 0 unspecified atom stereocenters. The van der Waals surface area contributed by atoms with E-state index in [4.69, 9.17) is 9.47 Å². The van der Waals surface area contributed by atoms with Gasteiger partial charge in [0.1, 0.15) is 6.07 Å². The van der Waals surface area contributed by atoms with Crippen LogP contribution in [0, 0.1) is 11.3 Å². The lowest BCUT2D eigenvalue weighted by molar-refractivity contribution is 0.311. The van der Waals surface area contributed by atoms with Crippen molar-refractivity contribution < 1.29 is 9.47 Å². The number of fused-ring (bicyclic) bond motifs is 1. The van der Waals surface area contributed by atoms with Crippen molar-refractivity contribution in [2.45, 2.75) is 11.3 Å². The molecule has 0 fully saturated rings. The number of hydrogen-bond donors (Lipinski definition) is 0. The molecule has 1 heterocycles. The van der Waals surface area contributed by atoms with Gasteiger partial charge in [-0.2, -0.15) is 5.26 Å². The first-order valence-corrected chi connectivity index (χ1v) is 9.33. The average molecular weight is 368 g/mol. The molecule has 3 rings (SSSR count). The Morgan fingerprint density at radius 2 is 2.12 bits per heavy atom. The molecule has 0 aliphatic heterocycles. The largest absolute Gasteiger partial charge is 0.493 e. The number of hydrogen-bond acceptors (Lipinski definition) is 6. The summed E-state index contributed by atoms with van der Waals surface area (Å²) in [5.41, 5.74) is 1.83. The van der Waals surface area contributed by atoms with Crippen molar-refractivity contribution in [3.8, 4) is 17.6 Å². The molecule has 0 bridgehead atoms. The molecule has 0 spiro atoms. The second-order valence-electron chi connectivity index (χ2n) is 5.01. The maximum atomic E-state index is 9.47. The molecule has 0 N–H and O–H groups in total. The summed E-state index contributed by atoms with van der Waals surface area (Å²) in [6.07, 6.45) is 1.83. The first kappa shape index (κ1) is 17.3. The van der Waals surface area contributed by atoms with E-state index in [-0.39, 0.29) is 0 Å². The minimum atomic E-state index is 0.572. The fourth-order valence-corrected chi connectivity index (χ4v) is 4.25. The number of aromatic nitrogens is 1. The lowest BCUT2D eigenvalue weighted by Gasteiger charge is -2.09. The standard InChI is InChI=1S/C19H16N2O2S2/c1-3-23-16-9-8-13(11-17(16)22-2)10-14(12-20)24-19-21-15-6-4-5-7-18(15)25-19/h4-11H,3H2,1-2H3. The van der Waals surface area contributed by atoms with Crippen LogP contribution < -0.4 is 9.47 Å². The third-order valence-electron chi connectivity index (χ3n) is 3.37. The Kier molecular flexibility index (Phi) is 5.59. The van der Waals surface area contributed by atoms with Crippen LogP contribution in [0.25, 0.3) is 16.3 Å². The van der Waals surface area contributed by atoms with E-state index in [0.717, 1.165) is 20.1 Å². The van der Waals surface area contributed by atoms with Crippen molar-refractivity contribution in [2.75, 3.05) is 13.7 Å². The van der Waals surface area contributed by atoms with Gasteiger partial charge in [0.2, 0.25) is 0 Å². The van der Waals surface area contributed by atoms with Gasteiger partial charge < -0.3 is 9.47 Å². The van der Waals surface area contributed by atoms with Crippen LogP contribution in [-0.4, -0.2) is 18.7 Å². The van der Waals surface area contributed by atoms with Crippen molar-refractivity contribution >= 4 is 39.4 Å². The second-order valence-corrected chi connectivity index (χ2v) is 7.33. The molecule has 0 aliphatic rings. The van der Waals surface area contributed by atoms with Gasteiger partial charge in [-0.05, 0) is 54.6 Å².